The average molecular weight is 244 g/mol. The second kappa shape index (κ2) is 10.0. The highest BCUT2D eigenvalue weighted by atomic mass is 16.4. The third-order valence-corrected chi connectivity index (χ3v) is 2.34. The number of nitrogens with one attached hydrogen (secondary N) is 1. The Labute approximate surface area is 103 Å². The summed E-state index contributed by atoms with van der Waals surface area (Å²) in [5.74, 6) is -0.359. The molecule has 2 N–H and O–H groups in total. The maximum absolute atomic E-state index is 10.9. The molecule has 0 radical (unpaired) electrons. The molecule has 0 atom stereocenters. The van der Waals surface area contributed by atoms with E-state index in [0.29, 0.717) is 6.54 Å². The largest absolute Gasteiger partial charge is 0.411 e. The number of oxime groups is 1. The van der Waals surface area contributed by atoms with Crippen LogP contribution in [0.4, 0.5) is 0 Å². The van der Waals surface area contributed by atoms with Gasteiger partial charge in [-0.2, -0.15) is 0 Å². The van der Waals surface area contributed by atoms with Crippen molar-refractivity contribution in [3.63, 3.8) is 0 Å². The van der Waals surface area contributed by atoms with Crippen LogP contribution in [0.25, 0.3) is 0 Å². The molecule has 0 unspecified atom stereocenters. The molecule has 0 aromatic heterocycles. The average Bonchev–Trinajstić information content (AvgIpc) is 2.24. The van der Waals surface area contributed by atoms with E-state index >= 15 is 0 Å². The summed E-state index contributed by atoms with van der Waals surface area (Å²) in [5.41, 5.74) is 0. The molecule has 0 saturated carbocycles. The maximum Gasteiger partial charge on any atom is 0.265 e. The van der Waals surface area contributed by atoms with Gasteiger partial charge in [0.15, 0.2) is 0 Å². The lowest BCUT2D eigenvalue weighted by Gasteiger charge is -2.17. The van der Waals surface area contributed by atoms with Gasteiger partial charge in [-0.15, -0.1) is 0 Å². The molecule has 1 amide bonds. The fraction of sp³-hybridized carbons (Fsp3) is 0.818. The highest BCUT2D eigenvalue weighted by molar-refractivity contribution is 6.25. The van der Waals surface area contributed by atoms with Gasteiger partial charge in [0.25, 0.3) is 5.91 Å². The van der Waals surface area contributed by atoms with Gasteiger partial charge in [0, 0.05) is 6.54 Å². The van der Waals surface area contributed by atoms with Crippen LogP contribution in [0.5, 0.6) is 0 Å². The summed E-state index contributed by atoms with van der Waals surface area (Å²) in [5, 5.41) is 13.4. The maximum atomic E-state index is 10.9. The molecule has 0 saturated heterocycles. The Morgan fingerprint density at radius 3 is 2.47 bits per heavy atom. The predicted molar refractivity (Wildman–Crippen MR) is 68.6 cm³/mol. The summed E-state index contributed by atoms with van der Waals surface area (Å²) in [6.45, 7) is 3.70. The molecule has 17 heavy (non-hydrogen) atoms. The van der Waals surface area contributed by atoms with E-state index in [1.165, 1.54) is 0 Å². The van der Waals surface area contributed by atoms with Crippen LogP contribution in [-0.2, 0) is 4.79 Å². The Morgan fingerprint density at radius 2 is 1.88 bits per heavy atom. The van der Waals surface area contributed by atoms with E-state index in [4.69, 9.17) is 5.21 Å². The number of hydrogen-bond acceptors (Lipinski definition) is 5. The molecule has 0 aromatic rings. The first kappa shape index (κ1) is 15.9. The van der Waals surface area contributed by atoms with Crippen molar-refractivity contribution < 1.29 is 10.0 Å². The van der Waals surface area contributed by atoms with Crippen LogP contribution >= 0.6 is 0 Å². The summed E-state index contributed by atoms with van der Waals surface area (Å²) < 4.78 is 0. The van der Waals surface area contributed by atoms with E-state index in [0.717, 1.165) is 38.7 Å². The Balaban J connectivity index is 3.38. The monoisotopic (exact) mass is 244 g/mol. The van der Waals surface area contributed by atoms with Gasteiger partial charge in [-0.3, -0.25) is 4.79 Å². The van der Waals surface area contributed by atoms with Crippen molar-refractivity contribution in [3.05, 3.63) is 0 Å². The second-order valence-electron chi connectivity index (χ2n) is 4.35. The summed E-state index contributed by atoms with van der Waals surface area (Å²) in [7, 11) is 6.21. The summed E-state index contributed by atoms with van der Waals surface area (Å²) in [6.07, 6.45) is 2.90. The SMILES string of the molecule is CN(C)CCCN(C)CCCNC(=O)/C=N\O. The molecule has 0 spiro atoms. The minimum Gasteiger partial charge on any atom is -0.411 e. The van der Waals surface area contributed by atoms with E-state index in [2.05, 4.69) is 41.4 Å². The minimum atomic E-state index is -0.359. The first-order valence-corrected chi connectivity index (χ1v) is 5.84. The lowest BCUT2D eigenvalue weighted by Crippen LogP contribution is -2.30. The molecule has 0 aliphatic heterocycles. The molecule has 0 aromatic carbocycles. The second-order valence-corrected chi connectivity index (χ2v) is 4.35. The van der Waals surface area contributed by atoms with E-state index < -0.39 is 0 Å². The normalized spacial score (nSPS) is 11.6. The molecular weight excluding hydrogens is 220 g/mol. The van der Waals surface area contributed by atoms with Crippen LogP contribution < -0.4 is 5.32 Å². The fourth-order valence-electron chi connectivity index (χ4n) is 1.43. The van der Waals surface area contributed by atoms with E-state index in [9.17, 15) is 4.79 Å². The molecule has 0 aliphatic carbocycles. The highest BCUT2D eigenvalue weighted by Gasteiger charge is 2.00. The van der Waals surface area contributed by atoms with Gasteiger partial charge in [-0.25, -0.2) is 0 Å². The van der Waals surface area contributed by atoms with Crippen molar-refractivity contribution in [1.29, 1.82) is 0 Å². The molecular formula is C11H24N4O2. The van der Waals surface area contributed by atoms with Crippen molar-refractivity contribution in [3.8, 4) is 0 Å². The summed E-state index contributed by atoms with van der Waals surface area (Å²) >= 11 is 0. The van der Waals surface area contributed by atoms with Gasteiger partial charge in [-0.05, 0) is 53.6 Å². The van der Waals surface area contributed by atoms with Gasteiger partial charge in [-0.1, -0.05) is 5.16 Å². The standard InChI is InChI=1S/C11H24N4O2/c1-14(2)7-5-9-15(3)8-4-6-12-11(16)10-13-17/h10,17H,4-9H2,1-3H3,(H,12,16)/b13-10-. The first-order chi connectivity index (χ1) is 8.06. The molecule has 0 heterocycles. The quantitative estimate of drug-likeness (QED) is 0.256. The number of carbonyl (C=O) groups is 1. The molecule has 0 bridgehead atoms. The molecule has 0 aliphatic rings. The third kappa shape index (κ3) is 11.1. The van der Waals surface area contributed by atoms with Crippen LogP contribution in [0, 0.1) is 0 Å². The van der Waals surface area contributed by atoms with E-state index in [-0.39, 0.29) is 5.91 Å². The van der Waals surface area contributed by atoms with Crippen LogP contribution in [0.15, 0.2) is 5.16 Å². The Kier molecular flexibility index (Phi) is 9.37. The zero-order chi connectivity index (χ0) is 13.1. The predicted octanol–water partition coefficient (Wildman–Crippen LogP) is -0.164. The van der Waals surface area contributed by atoms with Gasteiger partial charge in [0.1, 0.15) is 6.21 Å². The molecule has 0 fully saturated rings. The Morgan fingerprint density at radius 1 is 1.24 bits per heavy atom. The number of carbonyl (C=O) groups excluding carboxylic acids is 1. The number of rotatable bonds is 9. The van der Waals surface area contributed by atoms with Crippen molar-refractivity contribution in [2.24, 2.45) is 5.16 Å². The van der Waals surface area contributed by atoms with Crippen molar-refractivity contribution in [2.45, 2.75) is 12.8 Å². The van der Waals surface area contributed by atoms with Gasteiger partial charge >= 0.3 is 0 Å². The lowest BCUT2D eigenvalue weighted by atomic mass is 10.3. The highest BCUT2D eigenvalue weighted by Crippen LogP contribution is 1.91. The Bertz CT molecular complexity index is 232. The number of amides is 1. The fourth-order valence-corrected chi connectivity index (χ4v) is 1.43. The van der Waals surface area contributed by atoms with E-state index in [1.54, 1.807) is 0 Å². The molecule has 6 heteroatoms. The smallest absolute Gasteiger partial charge is 0.265 e. The van der Waals surface area contributed by atoms with Crippen LogP contribution in [-0.4, -0.2) is 74.5 Å². The Hall–Kier alpha value is -1.14. The van der Waals surface area contributed by atoms with Crippen molar-refractivity contribution >= 4 is 12.1 Å². The van der Waals surface area contributed by atoms with E-state index in [1.807, 2.05) is 0 Å². The van der Waals surface area contributed by atoms with Gasteiger partial charge < -0.3 is 20.3 Å². The third-order valence-electron chi connectivity index (χ3n) is 2.34. The molecule has 6 nitrogen and oxygen atoms in total. The van der Waals surface area contributed by atoms with Crippen LogP contribution in [0.2, 0.25) is 0 Å². The van der Waals surface area contributed by atoms with Crippen LogP contribution in [0.1, 0.15) is 12.8 Å². The summed E-state index contributed by atoms with van der Waals surface area (Å²) in [4.78, 5) is 15.3. The number of hydrogen-bond donors (Lipinski definition) is 2. The van der Waals surface area contributed by atoms with Crippen molar-refractivity contribution in [1.82, 2.24) is 15.1 Å². The minimum absolute atomic E-state index is 0.359. The van der Waals surface area contributed by atoms with Crippen molar-refractivity contribution in [2.75, 3.05) is 47.3 Å². The zero-order valence-electron chi connectivity index (χ0n) is 11.0. The molecule has 0 rings (SSSR count). The number of nitrogens with zero attached hydrogens (tertiary/aromatic N) is 3. The van der Waals surface area contributed by atoms with Gasteiger partial charge in [0.05, 0.1) is 0 Å². The zero-order valence-corrected chi connectivity index (χ0v) is 11.0. The van der Waals surface area contributed by atoms with Gasteiger partial charge in [0.2, 0.25) is 0 Å². The molecule has 100 valence electrons. The first-order valence-electron chi connectivity index (χ1n) is 5.84. The topological polar surface area (TPSA) is 68.2 Å². The summed E-state index contributed by atoms with van der Waals surface area (Å²) in [6, 6.07) is 0. The van der Waals surface area contributed by atoms with Crippen LogP contribution in [0.3, 0.4) is 0 Å². The lowest BCUT2D eigenvalue weighted by molar-refractivity contribution is -0.114.